The Morgan fingerprint density at radius 3 is 0.935 bits per heavy atom. The van der Waals surface area contributed by atoms with Gasteiger partial charge in [-0.05, 0) is 113 Å². The molecule has 176 valence electrons. The van der Waals surface area contributed by atoms with Crippen LogP contribution in [0.25, 0.3) is 0 Å². The van der Waals surface area contributed by atoms with Gasteiger partial charge in [0, 0.05) is 0 Å². The van der Waals surface area contributed by atoms with Crippen LogP contribution in [0.1, 0.15) is 113 Å². The van der Waals surface area contributed by atoms with Crippen molar-refractivity contribution < 1.29 is 5.11 Å². The molecule has 0 aromatic heterocycles. The van der Waals surface area contributed by atoms with Gasteiger partial charge in [0.05, 0.1) is 6.61 Å². The third kappa shape index (κ3) is 20.1. The van der Waals surface area contributed by atoms with Gasteiger partial charge >= 0.3 is 0 Å². The molecule has 0 rings (SSSR count). The first-order chi connectivity index (χ1) is 14.7. The van der Waals surface area contributed by atoms with Crippen molar-refractivity contribution in [2.24, 2.45) is 0 Å². The van der Waals surface area contributed by atoms with Gasteiger partial charge in [-0.15, -0.1) is 0 Å². The first-order valence-corrected chi connectivity index (χ1v) is 12.3. The Bertz CT molecular complexity index is 661. The molecule has 0 heterocycles. The van der Waals surface area contributed by atoms with Crippen LogP contribution >= 0.6 is 0 Å². The van der Waals surface area contributed by atoms with Gasteiger partial charge in [-0.2, -0.15) is 0 Å². The van der Waals surface area contributed by atoms with E-state index in [-0.39, 0.29) is 6.61 Å². The summed E-state index contributed by atoms with van der Waals surface area (Å²) in [5, 5.41) is 8.90. The third-order valence-electron chi connectivity index (χ3n) is 5.66. The van der Waals surface area contributed by atoms with Gasteiger partial charge in [0.1, 0.15) is 0 Å². The molecule has 0 unspecified atom stereocenters. The molecule has 1 N–H and O–H groups in total. The number of rotatable bonds is 16. The summed E-state index contributed by atoms with van der Waals surface area (Å²) in [7, 11) is 0. The van der Waals surface area contributed by atoms with E-state index in [1.165, 1.54) is 65.5 Å². The zero-order chi connectivity index (χ0) is 23.5. The van der Waals surface area contributed by atoms with E-state index < -0.39 is 0 Å². The second-order valence-electron chi connectivity index (χ2n) is 9.41. The predicted molar refractivity (Wildman–Crippen MR) is 141 cm³/mol. The smallest absolute Gasteiger partial charge is 0.0614 e. The van der Waals surface area contributed by atoms with Gasteiger partial charge in [-0.25, -0.2) is 0 Å². The summed E-state index contributed by atoms with van der Waals surface area (Å²) < 4.78 is 0. The molecule has 0 saturated carbocycles. The van der Waals surface area contributed by atoms with Crippen LogP contribution in [0, 0.1) is 0 Å². The normalized spacial score (nSPS) is 14.3. The van der Waals surface area contributed by atoms with Gasteiger partial charge in [0.2, 0.25) is 0 Å². The van der Waals surface area contributed by atoms with Crippen molar-refractivity contribution >= 4 is 0 Å². The largest absolute Gasteiger partial charge is 0.392 e. The van der Waals surface area contributed by atoms with Crippen molar-refractivity contribution in [3.8, 4) is 0 Å². The lowest BCUT2D eigenvalue weighted by atomic mass is 10.0. The van der Waals surface area contributed by atoms with E-state index in [9.17, 15) is 0 Å². The lowest BCUT2D eigenvalue weighted by Crippen LogP contribution is -1.84. The molecule has 0 atom stereocenters. The summed E-state index contributed by atoms with van der Waals surface area (Å²) in [4.78, 5) is 0. The van der Waals surface area contributed by atoms with Crippen molar-refractivity contribution in [1.82, 2.24) is 0 Å². The second kappa shape index (κ2) is 19.1. The fourth-order valence-electron chi connectivity index (χ4n) is 3.44. The van der Waals surface area contributed by atoms with Crippen LogP contribution in [0.4, 0.5) is 0 Å². The molecule has 0 aromatic carbocycles. The molecular weight excluding hydrogens is 376 g/mol. The molecule has 0 saturated heterocycles. The van der Waals surface area contributed by atoms with Crippen LogP contribution in [-0.4, -0.2) is 11.7 Å². The SMILES string of the molecule is CC(C)=CCCC(C)=CCCC(C)=CCCC(C)=CCCC(C)=CCCC(C)=CCO. The standard InChI is InChI=1S/C30H50O/c1-25(2)13-8-14-26(3)15-9-16-27(4)17-10-18-28(5)19-11-20-29(6)21-12-22-30(7)23-24-31/h13,15,17,19,21,23,31H,8-12,14,16,18,20,22,24H2,1-7H3. The summed E-state index contributed by atoms with van der Waals surface area (Å²) in [5.41, 5.74) is 8.71. The first-order valence-electron chi connectivity index (χ1n) is 12.3. The van der Waals surface area contributed by atoms with E-state index in [0.29, 0.717) is 0 Å². The summed E-state index contributed by atoms with van der Waals surface area (Å²) in [5.74, 6) is 0. The topological polar surface area (TPSA) is 20.2 Å². The van der Waals surface area contributed by atoms with E-state index in [1.54, 1.807) is 0 Å². The van der Waals surface area contributed by atoms with Crippen LogP contribution < -0.4 is 0 Å². The lowest BCUT2D eigenvalue weighted by Gasteiger charge is -2.03. The summed E-state index contributed by atoms with van der Waals surface area (Å²) in [6, 6.07) is 0. The Morgan fingerprint density at radius 2 is 0.677 bits per heavy atom. The molecule has 0 spiro atoms. The highest BCUT2D eigenvalue weighted by Crippen LogP contribution is 2.15. The number of aliphatic hydroxyl groups excluding tert-OH is 1. The van der Waals surface area contributed by atoms with Gasteiger partial charge in [-0.3, -0.25) is 0 Å². The molecule has 0 amide bonds. The first kappa shape index (κ1) is 29.4. The average molecular weight is 427 g/mol. The molecule has 0 aliphatic heterocycles. The summed E-state index contributed by atoms with van der Waals surface area (Å²) in [6.45, 7) is 15.6. The van der Waals surface area contributed by atoms with Crippen molar-refractivity contribution in [3.05, 3.63) is 69.9 Å². The van der Waals surface area contributed by atoms with Crippen LogP contribution in [-0.2, 0) is 0 Å². The fraction of sp³-hybridized carbons (Fsp3) is 0.600. The average Bonchev–Trinajstić information content (AvgIpc) is 2.68. The van der Waals surface area contributed by atoms with Crippen LogP contribution in [0.2, 0.25) is 0 Å². The molecule has 1 heteroatoms. The van der Waals surface area contributed by atoms with Gasteiger partial charge in [0.25, 0.3) is 0 Å². The van der Waals surface area contributed by atoms with E-state index in [2.05, 4.69) is 78.8 Å². The Morgan fingerprint density at radius 1 is 0.419 bits per heavy atom. The van der Waals surface area contributed by atoms with Gasteiger partial charge < -0.3 is 5.11 Å². The molecule has 1 nitrogen and oxygen atoms in total. The summed E-state index contributed by atoms with van der Waals surface area (Å²) in [6.07, 6.45) is 25.3. The minimum atomic E-state index is 0.154. The minimum Gasteiger partial charge on any atom is -0.392 e. The highest BCUT2D eigenvalue weighted by atomic mass is 16.2. The van der Waals surface area contributed by atoms with E-state index in [1.807, 2.05) is 6.08 Å². The monoisotopic (exact) mass is 426 g/mol. The Labute approximate surface area is 194 Å². The van der Waals surface area contributed by atoms with Crippen LogP contribution in [0.3, 0.4) is 0 Å². The Hall–Kier alpha value is -1.60. The zero-order valence-electron chi connectivity index (χ0n) is 21.7. The van der Waals surface area contributed by atoms with Crippen molar-refractivity contribution in [2.75, 3.05) is 6.61 Å². The maximum absolute atomic E-state index is 8.90. The molecule has 0 aliphatic rings. The van der Waals surface area contributed by atoms with E-state index in [0.717, 1.165) is 32.1 Å². The van der Waals surface area contributed by atoms with Crippen LogP contribution in [0.5, 0.6) is 0 Å². The van der Waals surface area contributed by atoms with Gasteiger partial charge in [-0.1, -0.05) is 69.9 Å². The van der Waals surface area contributed by atoms with E-state index in [4.69, 9.17) is 5.11 Å². The lowest BCUT2D eigenvalue weighted by molar-refractivity contribution is 0.341. The zero-order valence-corrected chi connectivity index (χ0v) is 21.7. The number of hydrogen-bond donors (Lipinski definition) is 1. The van der Waals surface area contributed by atoms with Crippen molar-refractivity contribution in [1.29, 1.82) is 0 Å². The van der Waals surface area contributed by atoms with Gasteiger partial charge in [0.15, 0.2) is 0 Å². The Balaban J connectivity index is 4.09. The maximum atomic E-state index is 8.90. The summed E-state index contributed by atoms with van der Waals surface area (Å²) >= 11 is 0. The Kier molecular flexibility index (Phi) is 18.1. The molecular formula is C30H50O. The molecule has 0 fully saturated rings. The van der Waals surface area contributed by atoms with Crippen LogP contribution in [0.15, 0.2) is 69.9 Å². The maximum Gasteiger partial charge on any atom is 0.0614 e. The number of aliphatic hydroxyl groups is 1. The third-order valence-corrected chi connectivity index (χ3v) is 5.66. The molecule has 0 bridgehead atoms. The molecule has 0 aliphatic carbocycles. The van der Waals surface area contributed by atoms with Crippen molar-refractivity contribution in [3.63, 3.8) is 0 Å². The number of allylic oxidation sites excluding steroid dienone is 11. The minimum absolute atomic E-state index is 0.154. The molecule has 0 radical (unpaired) electrons. The van der Waals surface area contributed by atoms with Crippen molar-refractivity contribution in [2.45, 2.75) is 113 Å². The molecule has 31 heavy (non-hydrogen) atoms. The molecule has 0 aromatic rings. The number of hydrogen-bond acceptors (Lipinski definition) is 1. The quantitative estimate of drug-likeness (QED) is 0.243. The van der Waals surface area contributed by atoms with E-state index >= 15 is 0 Å². The fourth-order valence-corrected chi connectivity index (χ4v) is 3.44. The predicted octanol–water partition coefficient (Wildman–Crippen LogP) is 9.58. The highest BCUT2D eigenvalue weighted by Gasteiger charge is 1.95. The second-order valence-corrected chi connectivity index (χ2v) is 9.41. The highest BCUT2D eigenvalue weighted by molar-refractivity contribution is 5.08.